The molecule has 0 atom stereocenters. The molecule has 0 aliphatic rings. The second-order valence-corrected chi connectivity index (χ2v) is 3.46. The first-order valence-corrected chi connectivity index (χ1v) is 5.17. The molecule has 0 amide bonds. The normalized spacial score (nSPS) is 10.6. The average molecular weight is 236 g/mol. The van der Waals surface area contributed by atoms with Gasteiger partial charge < -0.3 is 19.4 Å². The number of carbonyl (C=O) groups is 1. The molecule has 0 spiro atoms. The minimum Gasteiger partial charge on any atom is -0.490 e. The van der Waals surface area contributed by atoms with Crippen LogP contribution in [0.25, 0.3) is 5.65 Å². The highest BCUT2D eigenvalue weighted by Crippen LogP contribution is 2.19. The van der Waals surface area contributed by atoms with Crippen LogP contribution in [0.15, 0.2) is 24.5 Å². The maximum atomic E-state index is 10.8. The van der Waals surface area contributed by atoms with Crippen molar-refractivity contribution in [2.24, 2.45) is 0 Å². The maximum Gasteiger partial charge on any atom is 0.356 e. The fraction of sp³-hybridized carbons (Fsp3) is 0.273. The first-order chi connectivity index (χ1) is 8.22. The van der Waals surface area contributed by atoms with Gasteiger partial charge in [0.05, 0.1) is 6.61 Å². The van der Waals surface area contributed by atoms with Gasteiger partial charge in [-0.1, -0.05) is 0 Å². The van der Waals surface area contributed by atoms with E-state index >= 15 is 0 Å². The molecular weight excluding hydrogens is 224 g/mol. The van der Waals surface area contributed by atoms with Crippen LogP contribution < -0.4 is 4.74 Å². The smallest absolute Gasteiger partial charge is 0.356 e. The van der Waals surface area contributed by atoms with Gasteiger partial charge in [0.1, 0.15) is 0 Å². The minimum atomic E-state index is -1.07. The Labute approximate surface area is 97.1 Å². The highest BCUT2D eigenvalue weighted by Gasteiger charge is 2.11. The van der Waals surface area contributed by atoms with Crippen LogP contribution in [0.2, 0.25) is 0 Å². The lowest BCUT2D eigenvalue weighted by Gasteiger charge is -2.05. The van der Waals surface area contributed by atoms with Crippen molar-refractivity contribution in [3.8, 4) is 5.75 Å². The number of hydrogen-bond donors (Lipinski definition) is 2. The zero-order chi connectivity index (χ0) is 12.3. The molecule has 0 saturated heterocycles. The van der Waals surface area contributed by atoms with Crippen LogP contribution in [-0.4, -0.2) is 38.8 Å². The van der Waals surface area contributed by atoms with Crippen LogP contribution >= 0.6 is 0 Å². The molecule has 2 aromatic heterocycles. The van der Waals surface area contributed by atoms with Crippen molar-refractivity contribution in [2.45, 2.75) is 6.42 Å². The highest BCUT2D eigenvalue weighted by molar-refractivity contribution is 5.86. The van der Waals surface area contributed by atoms with Gasteiger partial charge in [0.2, 0.25) is 0 Å². The fourth-order valence-electron chi connectivity index (χ4n) is 1.45. The van der Waals surface area contributed by atoms with Gasteiger partial charge in [0.15, 0.2) is 17.1 Å². The van der Waals surface area contributed by atoms with E-state index in [0.717, 1.165) is 0 Å². The lowest BCUT2D eigenvalue weighted by Crippen LogP contribution is -2.01. The number of carboxylic acids is 1. The minimum absolute atomic E-state index is 0.0248. The van der Waals surface area contributed by atoms with Crippen LogP contribution in [0, 0.1) is 0 Å². The summed E-state index contributed by atoms with van der Waals surface area (Å²) in [7, 11) is 0. The monoisotopic (exact) mass is 236 g/mol. The summed E-state index contributed by atoms with van der Waals surface area (Å²) >= 11 is 0. The third kappa shape index (κ3) is 2.36. The summed E-state index contributed by atoms with van der Waals surface area (Å²) in [6.45, 7) is 0.420. The van der Waals surface area contributed by atoms with Gasteiger partial charge >= 0.3 is 5.97 Å². The molecule has 0 unspecified atom stereocenters. The van der Waals surface area contributed by atoms with Gasteiger partial charge in [-0.3, -0.25) is 0 Å². The standard InChI is InChI=1S/C11H12N2O4/c14-5-2-6-17-9-3-1-4-13-7-8(11(15)16)12-10(9)13/h1,3-4,7,14H,2,5-6H2,(H,15,16). The molecule has 0 saturated carbocycles. The number of aliphatic hydroxyl groups excluding tert-OH is 1. The van der Waals surface area contributed by atoms with E-state index in [9.17, 15) is 4.79 Å². The van der Waals surface area contributed by atoms with E-state index in [4.69, 9.17) is 14.9 Å². The van der Waals surface area contributed by atoms with Gasteiger partial charge in [-0.05, 0) is 12.1 Å². The van der Waals surface area contributed by atoms with E-state index < -0.39 is 5.97 Å². The Hall–Kier alpha value is -2.08. The van der Waals surface area contributed by atoms with Crippen molar-refractivity contribution in [2.75, 3.05) is 13.2 Å². The Morgan fingerprint density at radius 2 is 2.35 bits per heavy atom. The third-order valence-electron chi connectivity index (χ3n) is 2.23. The second-order valence-electron chi connectivity index (χ2n) is 3.46. The zero-order valence-corrected chi connectivity index (χ0v) is 9.04. The van der Waals surface area contributed by atoms with Crippen LogP contribution in [-0.2, 0) is 0 Å². The summed E-state index contributed by atoms with van der Waals surface area (Å²) in [5.74, 6) is -0.566. The Morgan fingerprint density at radius 1 is 1.53 bits per heavy atom. The predicted molar refractivity (Wildman–Crippen MR) is 59.3 cm³/mol. The predicted octanol–water partition coefficient (Wildman–Crippen LogP) is 0.794. The number of aromatic carboxylic acids is 1. The first-order valence-electron chi connectivity index (χ1n) is 5.17. The number of nitrogens with zero attached hydrogens (tertiary/aromatic N) is 2. The molecule has 2 heterocycles. The molecule has 0 aliphatic carbocycles. The number of fused-ring (bicyclic) bond motifs is 1. The molecular formula is C11H12N2O4. The van der Waals surface area contributed by atoms with E-state index in [1.54, 1.807) is 22.7 Å². The number of carboxylic acid groups (broad SMARTS) is 1. The largest absolute Gasteiger partial charge is 0.490 e. The molecule has 0 bridgehead atoms. The number of imidazole rings is 1. The van der Waals surface area contributed by atoms with Gasteiger partial charge in [0.25, 0.3) is 0 Å². The number of aromatic nitrogens is 2. The Balaban J connectivity index is 2.32. The quantitative estimate of drug-likeness (QED) is 0.750. The molecule has 0 radical (unpaired) electrons. The SMILES string of the molecule is O=C(O)c1cn2cccc(OCCCO)c2n1. The van der Waals surface area contributed by atoms with Crippen molar-refractivity contribution < 1.29 is 19.7 Å². The number of rotatable bonds is 5. The lowest BCUT2D eigenvalue weighted by molar-refractivity contribution is 0.0691. The van der Waals surface area contributed by atoms with Crippen LogP contribution in [0.3, 0.4) is 0 Å². The first kappa shape index (κ1) is 11.4. The van der Waals surface area contributed by atoms with E-state index in [0.29, 0.717) is 24.4 Å². The Morgan fingerprint density at radius 3 is 3.06 bits per heavy atom. The summed E-state index contributed by atoms with van der Waals surface area (Å²) in [5.41, 5.74) is 0.436. The topological polar surface area (TPSA) is 84.1 Å². The fourth-order valence-corrected chi connectivity index (χ4v) is 1.45. The molecule has 0 aromatic carbocycles. The van der Waals surface area contributed by atoms with Crippen molar-refractivity contribution in [1.29, 1.82) is 0 Å². The van der Waals surface area contributed by atoms with Crippen molar-refractivity contribution in [1.82, 2.24) is 9.38 Å². The zero-order valence-electron chi connectivity index (χ0n) is 9.04. The van der Waals surface area contributed by atoms with Gasteiger partial charge in [0, 0.05) is 25.4 Å². The van der Waals surface area contributed by atoms with Gasteiger partial charge in [-0.25, -0.2) is 9.78 Å². The average Bonchev–Trinajstić information content (AvgIpc) is 2.74. The highest BCUT2D eigenvalue weighted by atomic mass is 16.5. The number of hydrogen-bond acceptors (Lipinski definition) is 4. The van der Waals surface area contributed by atoms with E-state index in [2.05, 4.69) is 4.98 Å². The molecule has 2 N–H and O–H groups in total. The van der Waals surface area contributed by atoms with Crippen molar-refractivity contribution in [3.05, 3.63) is 30.2 Å². The lowest BCUT2D eigenvalue weighted by atomic mass is 10.4. The van der Waals surface area contributed by atoms with Gasteiger partial charge in [-0.2, -0.15) is 0 Å². The van der Waals surface area contributed by atoms with Crippen molar-refractivity contribution >= 4 is 11.6 Å². The van der Waals surface area contributed by atoms with Crippen LogP contribution in [0.1, 0.15) is 16.9 Å². The molecule has 6 heteroatoms. The molecule has 6 nitrogen and oxygen atoms in total. The molecule has 17 heavy (non-hydrogen) atoms. The van der Waals surface area contributed by atoms with Crippen LogP contribution in [0.4, 0.5) is 0 Å². The maximum absolute atomic E-state index is 10.8. The second kappa shape index (κ2) is 4.84. The van der Waals surface area contributed by atoms with E-state index in [-0.39, 0.29) is 12.3 Å². The summed E-state index contributed by atoms with van der Waals surface area (Å²) < 4.78 is 7.01. The molecule has 90 valence electrons. The molecule has 0 fully saturated rings. The van der Waals surface area contributed by atoms with E-state index in [1.807, 2.05) is 0 Å². The molecule has 2 aromatic rings. The van der Waals surface area contributed by atoms with Gasteiger partial charge in [-0.15, -0.1) is 0 Å². The Kier molecular flexibility index (Phi) is 3.24. The molecule has 2 rings (SSSR count). The van der Waals surface area contributed by atoms with Crippen molar-refractivity contribution in [3.63, 3.8) is 0 Å². The Bertz CT molecular complexity index is 535. The summed E-state index contributed by atoms with van der Waals surface area (Å²) in [5, 5.41) is 17.5. The molecule has 0 aliphatic heterocycles. The number of pyridine rings is 1. The number of aliphatic hydroxyl groups is 1. The summed E-state index contributed by atoms with van der Waals surface area (Å²) in [4.78, 5) is 14.8. The summed E-state index contributed by atoms with van der Waals surface area (Å²) in [6.07, 6.45) is 3.65. The number of ether oxygens (including phenoxy) is 1. The van der Waals surface area contributed by atoms with E-state index in [1.165, 1.54) is 6.20 Å². The van der Waals surface area contributed by atoms with Crippen LogP contribution in [0.5, 0.6) is 5.75 Å². The third-order valence-corrected chi connectivity index (χ3v) is 2.23. The summed E-state index contributed by atoms with van der Waals surface area (Å²) in [6, 6.07) is 3.46.